The number of alkyl halides is 3. The highest BCUT2D eigenvalue weighted by atomic mass is 19.4. The molecule has 0 saturated carbocycles. The van der Waals surface area contributed by atoms with Gasteiger partial charge >= 0.3 is 6.36 Å². The first-order valence-electron chi connectivity index (χ1n) is 3.77. The van der Waals surface area contributed by atoms with Crippen molar-refractivity contribution in [2.24, 2.45) is 0 Å². The summed E-state index contributed by atoms with van der Waals surface area (Å²) in [4.78, 5) is 0. The lowest BCUT2D eigenvalue weighted by Gasteiger charge is -2.07. The molecule has 2 nitrogen and oxygen atoms in total. The molecule has 0 aromatic heterocycles. The molecule has 0 atom stereocenters. The van der Waals surface area contributed by atoms with E-state index in [1.807, 2.05) is 0 Å². The Morgan fingerprint density at radius 3 is 2.20 bits per heavy atom. The van der Waals surface area contributed by atoms with E-state index in [2.05, 4.69) is 16.6 Å². The highest BCUT2D eigenvalue weighted by Crippen LogP contribution is 2.22. The van der Waals surface area contributed by atoms with Gasteiger partial charge in [-0.2, -0.15) is 5.26 Å². The van der Waals surface area contributed by atoms with Crippen LogP contribution >= 0.6 is 0 Å². The van der Waals surface area contributed by atoms with Crippen LogP contribution in [0.4, 0.5) is 13.2 Å². The molecule has 1 aromatic carbocycles. The third-order valence-corrected chi connectivity index (χ3v) is 1.35. The molecule has 0 radical (unpaired) electrons. The number of rotatable bonds is 1. The van der Waals surface area contributed by atoms with Crippen molar-refractivity contribution < 1.29 is 17.9 Å². The predicted octanol–water partition coefficient (Wildman–Crippen LogP) is 2.46. The Morgan fingerprint density at radius 1 is 1.13 bits per heavy atom. The van der Waals surface area contributed by atoms with Crippen LogP contribution in [-0.2, 0) is 0 Å². The van der Waals surface area contributed by atoms with Gasteiger partial charge in [-0.25, -0.2) is 0 Å². The molecule has 0 N–H and O–H groups in total. The van der Waals surface area contributed by atoms with Crippen LogP contribution in [0.5, 0.6) is 5.75 Å². The number of hydrogen-bond donors (Lipinski definition) is 0. The lowest BCUT2D eigenvalue weighted by Crippen LogP contribution is -2.16. The van der Waals surface area contributed by atoms with E-state index < -0.39 is 6.36 Å². The maximum absolute atomic E-state index is 11.8. The summed E-state index contributed by atoms with van der Waals surface area (Å²) in [5, 5.41) is 8.14. The minimum Gasteiger partial charge on any atom is -0.406 e. The molecule has 0 heterocycles. The molecule has 0 saturated heterocycles. The molecule has 1 aromatic rings. The fourth-order valence-corrected chi connectivity index (χ4v) is 0.840. The Hall–Kier alpha value is -2.14. The maximum Gasteiger partial charge on any atom is 0.573 e. The van der Waals surface area contributed by atoms with Crippen molar-refractivity contribution in [1.29, 1.82) is 5.26 Å². The zero-order chi connectivity index (χ0) is 11.3. The smallest absolute Gasteiger partial charge is 0.406 e. The van der Waals surface area contributed by atoms with E-state index in [1.165, 1.54) is 12.1 Å². The molecular formula is C10H4F3NO. The summed E-state index contributed by atoms with van der Waals surface area (Å²) >= 11 is 0. The molecular weight excluding hydrogens is 207 g/mol. The second-order valence-corrected chi connectivity index (χ2v) is 2.43. The van der Waals surface area contributed by atoms with E-state index in [0.717, 1.165) is 12.1 Å². The zero-order valence-electron chi connectivity index (χ0n) is 7.30. The topological polar surface area (TPSA) is 33.0 Å². The fraction of sp³-hybridized carbons (Fsp3) is 0.100. The molecule has 0 spiro atoms. The second kappa shape index (κ2) is 4.39. The Kier molecular flexibility index (Phi) is 3.20. The lowest BCUT2D eigenvalue weighted by molar-refractivity contribution is -0.274. The maximum atomic E-state index is 11.8. The van der Waals surface area contributed by atoms with Crippen LogP contribution in [0.1, 0.15) is 5.56 Å². The van der Waals surface area contributed by atoms with Crippen LogP contribution < -0.4 is 4.74 Å². The van der Waals surface area contributed by atoms with Gasteiger partial charge in [0.05, 0.1) is 0 Å². The third-order valence-electron chi connectivity index (χ3n) is 1.35. The van der Waals surface area contributed by atoms with E-state index in [1.54, 1.807) is 6.07 Å². The minimum absolute atomic E-state index is 0.315. The summed E-state index contributed by atoms with van der Waals surface area (Å²) < 4.78 is 38.9. The molecule has 0 fully saturated rings. The van der Waals surface area contributed by atoms with E-state index in [4.69, 9.17) is 5.26 Å². The van der Waals surface area contributed by atoms with Crippen LogP contribution in [0.2, 0.25) is 0 Å². The monoisotopic (exact) mass is 211 g/mol. The van der Waals surface area contributed by atoms with Gasteiger partial charge in [0.25, 0.3) is 0 Å². The summed E-state index contributed by atoms with van der Waals surface area (Å²) in [6, 6.07) is 6.54. The summed E-state index contributed by atoms with van der Waals surface area (Å²) in [7, 11) is 0. The lowest BCUT2D eigenvalue weighted by atomic mass is 10.2. The van der Waals surface area contributed by atoms with E-state index >= 15 is 0 Å². The predicted molar refractivity (Wildman–Crippen MR) is 45.6 cm³/mol. The molecule has 76 valence electrons. The van der Waals surface area contributed by atoms with Crippen molar-refractivity contribution in [2.45, 2.75) is 6.36 Å². The number of hydrogen-bond acceptors (Lipinski definition) is 2. The van der Waals surface area contributed by atoms with Gasteiger partial charge in [-0.1, -0.05) is 5.92 Å². The molecule has 0 aliphatic carbocycles. The molecule has 5 heteroatoms. The average molecular weight is 211 g/mol. The van der Waals surface area contributed by atoms with Crippen molar-refractivity contribution in [3.8, 4) is 23.7 Å². The second-order valence-electron chi connectivity index (χ2n) is 2.43. The van der Waals surface area contributed by atoms with Crippen LogP contribution in [0.3, 0.4) is 0 Å². The molecule has 0 aliphatic heterocycles. The van der Waals surface area contributed by atoms with Crippen LogP contribution in [0.25, 0.3) is 0 Å². The number of halogens is 3. The third kappa shape index (κ3) is 4.06. The first-order chi connectivity index (χ1) is 7.01. The van der Waals surface area contributed by atoms with Crippen molar-refractivity contribution in [3.63, 3.8) is 0 Å². The summed E-state index contributed by atoms with van der Waals surface area (Å²) in [6.45, 7) is 0. The van der Waals surface area contributed by atoms with Crippen molar-refractivity contribution >= 4 is 0 Å². The van der Waals surface area contributed by atoms with Gasteiger partial charge in [0.2, 0.25) is 0 Å². The van der Waals surface area contributed by atoms with E-state index in [0.29, 0.717) is 5.56 Å². The van der Waals surface area contributed by atoms with Gasteiger partial charge in [0.15, 0.2) is 6.07 Å². The first kappa shape index (κ1) is 10.9. The van der Waals surface area contributed by atoms with E-state index in [9.17, 15) is 13.2 Å². The first-order valence-corrected chi connectivity index (χ1v) is 3.77. The van der Waals surface area contributed by atoms with Gasteiger partial charge in [0, 0.05) is 11.5 Å². The number of nitrogens with zero attached hydrogens (tertiary/aromatic N) is 1. The largest absolute Gasteiger partial charge is 0.573 e. The van der Waals surface area contributed by atoms with Gasteiger partial charge in [-0.3, -0.25) is 0 Å². The Labute approximate surface area is 83.9 Å². The highest BCUT2D eigenvalue weighted by molar-refractivity contribution is 5.40. The molecule has 0 unspecified atom stereocenters. The van der Waals surface area contributed by atoms with Gasteiger partial charge in [-0.05, 0) is 24.3 Å². The SMILES string of the molecule is N#CC#Cc1ccc(OC(F)(F)F)cc1. The molecule has 0 bridgehead atoms. The Bertz CT molecular complexity index is 431. The normalized spacial score (nSPS) is 9.73. The summed E-state index contributed by atoms with van der Waals surface area (Å²) in [6.07, 6.45) is -4.69. The van der Waals surface area contributed by atoms with Crippen molar-refractivity contribution in [1.82, 2.24) is 0 Å². The summed E-state index contributed by atoms with van der Waals surface area (Å²) in [5.74, 6) is 4.25. The number of benzene rings is 1. The Balaban J connectivity index is 2.78. The number of nitriles is 1. The average Bonchev–Trinajstić information content (AvgIpc) is 2.14. The standard InChI is InChI=1S/C10H4F3NO/c11-10(12,13)15-9-5-3-8(4-6-9)2-1-7-14/h3-6H. The number of ether oxygens (including phenoxy) is 1. The van der Waals surface area contributed by atoms with Crippen molar-refractivity contribution in [3.05, 3.63) is 29.8 Å². The molecule has 0 amide bonds. The van der Waals surface area contributed by atoms with Crippen molar-refractivity contribution in [2.75, 3.05) is 0 Å². The van der Waals surface area contributed by atoms with Gasteiger partial charge in [-0.15, -0.1) is 13.2 Å². The summed E-state index contributed by atoms with van der Waals surface area (Å²) in [5.41, 5.74) is 0.450. The van der Waals surface area contributed by atoms with E-state index in [-0.39, 0.29) is 5.75 Å². The van der Waals surface area contributed by atoms with Crippen LogP contribution in [0, 0.1) is 23.2 Å². The molecule has 15 heavy (non-hydrogen) atoms. The fourth-order valence-electron chi connectivity index (χ4n) is 0.840. The highest BCUT2D eigenvalue weighted by Gasteiger charge is 2.30. The Morgan fingerprint density at radius 2 is 1.73 bits per heavy atom. The van der Waals surface area contributed by atoms with Crippen LogP contribution in [-0.4, -0.2) is 6.36 Å². The molecule has 1 rings (SSSR count). The van der Waals surface area contributed by atoms with Gasteiger partial charge in [0.1, 0.15) is 5.75 Å². The zero-order valence-corrected chi connectivity index (χ0v) is 7.30. The van der Waals surface area contributed by atoms with Crippen LogP contribution in [0.15, 0.2) is 24.3 Å². The quantitative estimate of drug-likeness (QED) is 0.668. The minimum atomic E-state index is -4.69. The molecule has 0 aliphatic rings. The van der Waals surface area contributed by atoms with Gasteiger partial charge < -0.3 is 4.74 Å².